The van der Waals surface area contributed by atoms with E-state index in [1.54, 1.807) is 0 Å². The van der Waals surface area contributed by atoms with Crippen molar-refractivity contribution in [1.82, 2.24) is 0 Å². The molecule has 0 saturated carbocycles. The van der Waals surface area contributed by atoms with E-state index in [1.165, 1.54) is 11.1 Å². The Morgan fingerprint density at radius 1 is 1.00 bits per heavy atom. The maximum atomic E-state index is 11.2. The Labute approximate surface area is 112 Å². The zero-order chi connectivity index (χ0) is 13.1. The van der Waals surface area contributed by atoms with Gasteiger partial charge in [0.15, 0.2) is 6.61 Å². The molecule has 1 aliphatic rings. The van der Waals surface area contributed by atoms with Crippen LogP contribution in [0.4, 0.5) is 5.69 Å². The molecule has 0 radical (unpaired) electrons. The van der Waals surface area contributed by atoms with Crippen molar-refractivity contribution in [1.29, 1.82) is 0 Å². The SMILES string of the molecule is O=C1COc2cc(CCc3ccccc3)ccc2N1. The highest BCUT2D eigenvalue weighted by Gasteiger charge is 2.15. The van der Waals surface area contributed by atoms with Crippen LogP contribution in [0.1, 0.15) is 11.1 Å². The van der Waals surface area contributed by atoms with Crippen LogP contribution in [0.3, 0.4) is 0 Å². The summed E-state index contributed by atoms with van der Waals surface area (Å²) in [5.41, 5.74) is 3.31. The van der Waals surface area contributed by atoms with Crippen molar-refractivity contribution in [2.75, 3.05) is 11.9 Å². The van der Waals surface area contributed by atoms with Crippen molar-refractivity contribution in [2.45, 2.75) is 12.8 Å². The number of carbonyl (C=O) groups excluding carboxylic acids is 1. The number of rotatable bonds is 3. The summed E-state index contributed by atoms with van der Waals surface area (Å²) in [5, 5.41) is 2.80. The number of anilines is 1. The van der Waals surface area contributed by atoms with Crippen LogP contribution < -0.4 is 10.1 Å². The average Bonchev–Trinajstić information content (AvgIpc) is 2.46. The van der Waals surface area contributed by atoms with E-state index in [2.05, 4.69) is 29.6 Å². The van der Waals surface area contributed by atoms with Crippen molar-refractivity contribution in [3.05, 3.63) is 59.7 Å². The predicted octanol–water partition coefficient (Wildman–Crippen LogP) is 2.80. The molecule has 3 heteroatoms. The number of amides is 1. The molecule has 19 heavy (non-hydrogen) atoms. The molecule has 0 unspecified atom stereocenters. The van der Waals surface area contributed by atoms with Gasteiger partial charge in [-0.15, -0.1) is 0 Å². The standard InChI is InChI=1S/C16H15NO2/c18-16-11-19-15-10-13(8-9-14(15)17-16)7-6-12-4-2-1-3-5-12/h1-5,8-10H,6-7,11H2,(H,17,18). The summed E-state index contributed by atoms with van der Waals surface area (Å²) in [6.45, 7) is 0.106. The first kappa shape index (κ1) is 11.8. The fourth-order valence-corrected chi connectivity index (χ4v) is 2.21. The number of aryl methyl sites for hydroxylation is 2. The smallest absolute Gasteiger partial charge is 0.262 e. The Morgan fingerprint density at radius 2 is 1.79 bits per heavy atom. The van der Waals surface area contributed by atoms with Gasteiger partial charge in [0.2, 0.25) is 0 Å². The summed E-state index contributed by atoms with van der Waals surface area (Å²) in [4.78, 5) is 11.2. The van der Waals surface area contributed by atoms with Crippen LogP contribution >= 0.6 is 0 Å². The van der Waals surface area contributed by atoms with Crippen molar-refractivity contribution in [2.24, 2.45) is 0 Å². The molecule has 96 valence electrons. The third-order valence-corrected chi connectivity index (χ3v) is 3.22. The van der Waals surface area contributed by atoms with Crippen LogP contribution in [-0.2, 0) is 17.6 Å². The van der Waals surface area contributed by atoms with E-state index in [4.69, 9.17) is 4.74 Å². The van der Waals surface area contributed by atoms with Crippen LogP contribution in [0.25, 0.3) is 0 Å². The minimum absolute atomic E-state index is 0.0930. The van der Waals surface area contributed by atoms with Crippen LogP contribution in [-0.4, -0.2) is 12.5 Å². The highest BCUT2D eigenvalue weighted by Crippen LogP contribution is 2.28. The van der Waals surface area contributed by atoms with Crippen molar-refractivity contribution in [3.8, 4) is 5.75 Å². The molecule has 1 aliphatic heterocycles. The van der Waals surface area contributed by atoms with E-state index in [-0.39, 0.29) is 12.5 Å². The zero-order valence-corrected chi connectivity index (χ0v) is 10.6. The van der Waals surface area contributed by atoms with Crippen molar-refractivity contribution < 1.29 is 9.53 Å². The lowest BCUT2D eigenvalue weighted by Crippen LogP contribution is -2.25. The maximum Gasteiger partial charge on any atom is 0.262 e. The normalized spacial score (nSPS) is 13.4. The van der Waals surface area contributed by atoms with Gasteiger partial charge in [-0.05, 0) is 36.1 Å². The minimum atomic E-state index is -0.0930. The van der Waals surface area contributed by atoms with Crippen molar-refractivity contribution in [3.63, 3.8) is 0 Å². The first-order chi connectivity index (χ1) is 9.31. The molecule has 1 amide bonds. The predicted molar refractivity (Wildman–Crippen MR) is 74.4 cm³/mol. The van der Waals surface area contributed by atoms with Gasteiger partial charge in [0.05, 0.1) is 5.69 Å². The van der Waals surface area contributed by atoms with Gasteiger partial charge in [0.25, 0.3) is 5.91 Å². The average molecular weight is 253 g/mol. The molecule has 0 aliphatic carbocycles. The van der Waals surface area contributed by atoms with Gasteiger partial charge >= 0.3 is 0 Å². The van der Waals surface area contributed by atoms with E-state index in [0.717, 1.165) is 24.3 Å². The molecule has 2 aromatic carbocycles. The topological polar surface area (TPSA) is 38.3 Å². The number of ether oxygens (including phenoxy) is 1. The molecular formula is C16H15NO2. The third kappa shape index (κ3) is 2.76. The van der Waals surface area contributed by atoms with E-state index in [9.17, 15) is 4.79 Å². The van der Waals surface area contributed by atoms with Crippen molar-refractivity contribution >= 4 is 11.6 Å². The lowest BCUT2D eigenvalue weighted by Gasteiger charge is -2.18. The number of benzene rings is 2. The molecule has 3 nitrogen and oxygen atoms in total. The van der Waals surface area contributed by atoms with E-state index >= 15 is 0 Å². The summed E-state index contributed by atoms with van der Waals surface area (Å²) in [7, 11) is 0. The Hall–Kier alpha value is -2.29. The fourth-order valence-electron chi connectivity index (χ4n) is 2.21. The second kappa shape index (κ2) is 5.14. The second-order valence-corrected chi connectivity index (χ2v) is 4.65. The summed E-state index contributed by atoms with van der Waals surface area (Å²) in [6.07, 6.45) is 1.97. The quantitative estimate of drug-likeness (QED) is 0.913. The molecular weight excluding hydrogens is 238 g/mol. The molecule has 0 fully saturated rings. The highest BCUT2D eigenvalue weighted by atomic mass is 16.5. The summed E-state index contributed by atoms with van der Waals surface area (Å²) in [6, 6.07) is 16.4. The van der Waals surface area contributed by atoms with Gasteiger partial charge in [-0.25, -0.2) is 0 Å². The lowest BCUT2D eigenvalue weighted by molar-refractivity contribution is -0.118. The van der Waals surface area contributed by atoms with E-state index in [0.29, 0.717) is 0 Å². The second-order valence-electron chi connectivity index (χ2n) is 4.65. The Balaban J connectivity index is 1.71. The molecule has 0 atom stereocenters. The Kier molecular flexibility index (Phi) is 3.19. The molecule has 0 bridgehead atoms. The Bertz CT molecular complexity index is 593. The summed E-state index contributed by atoms with van der Waals surface area (Å²) in [5.74, 6) is 0.676. The minimum Gasteiger partial charge on any atom is -0.482 e. The zero-order valence-electron chi connectivity index (χ0n) is 10.6. The lowest BCUT2D eigenvalue weighted by atomic mass is 10.0. The molecule has 1 heterocycles. The summed E-state index contributed by atoms with van der Waals surface area (Å²) >= 11 is 0. The van der Waals surface area contributed by atoms with Crippen LogP contribution in [0.15, 0.2) is 48.5 Å². The van der Waals surface area contributed by atoms with Crippen LogP contribution in [0.5, 0.6) is 5.75 Å². The number of hydrogen-bond donors (Lipinski definition) is 1. The fraction of sp³-hybridized carbons (Fsp3) is 0.188. The monoisotopic (exact) mass is 253 g/mol. The van der Waals surface area contributed by atoms with Crippen LogP contribution in [0.2, 0.25) is 0 Å². The third-order valence-electron chi connectivity index (χ3n) is 3.22. The molecule has 0 aromatic heterocycles. The number of fused-ring (bicyclic) bond motifs is 1. The van der Waals surface area contributed by atoms with Gasteiger partial charge in [0, 0.05) is 0 Å². The van der Waals surface area contributed by atoms with Gasteiger partial charge in [-0.1, -0.05) is 36.4 Å². The van der Waals surface area contributed by atoms with E-state index in [1.807, 2.05) is 24.3 Å². The molecule has 2 aromatic rings. The molecule has 1 N–H and O–H groups in total. The molecule has 0 spiro atoms. The Morgan fingerprint density at radius 3 is 2.63 bits per heavy atom. The van der Waals surface area contributed by atoms with Gasteiger partial charge < -0.3 is 10.1 Å². The first-order valence-corrected chi connectivity index (χ1v) is 6.41. The maximum absolute atomic E-state index is 11.2. The van der Waals surface area contributed by atoms with Crippen LogP contribution in [0, 0.1) is 0 Å². The van der Waals surface area contributed by atoms with Gasteiger partial charge in [0.1, 0.15) is 5.75 Å². The van der Waals surface area contributed by atoms with E-state index < -0.39 is 0 Å². The largest absolute Gasteiger partial charge is 0.482 e. The summed E-state index contributed by atoms with van der Waals surface area (Å²) < 4.78 is 5.42. The highest BCUT2D eigenvalue weighted by molar-refractivity contribution is 5.95. The number of hydrogen-bond acceptors (Lipinski definition) is 2. The molecule has 0 saturated heterocycles. The number of nitrogens with one attached hydrogen (secondary N) is 1. The first-order valence-electron chi connectivity index (χ1n) is 6.41. The number of carbonyl (C=O) groups is 1. The van der Waals surface area contributed by atoms with Gasteiger partial charge in [-0.2, -0.15) is 0 Å². The molecule has 3 rings (SSSR count). The van der Waals surface area contributed by atoms with Gasteiger partial charge in [-0.3, -0.25) is 4.79 Å².